The lowest BCUT2D eigenvalue weighted by Gasteiger charge is -2.22. The molecule has 21 heavy (non-hydrogen) atoms. The van der Waals surface area contributed by atoms with E-state index in [0.717, 1.165) is 23.7 Å². The van der Waals surface area contributed by atoms with Gasteiger partial charge in [-0.15, -0.1) is 0 Å². The number of aliphatic carboxylic acids is 1. The topological polar surface area (TPSA) is 73.4 Å². The van der Waals surface area contributed by atoms with Gasteiger partial charge in [0.1, 0.15) is 5.69 Å². The highest BCUT2D eigenvalue weighted by Crippen LogP contribution is 2.25. The third kappa shape index (κ3) is 2.74. The summed E-state index contributed by atoms with van der Waals surface area (Å²) in [6, 6.07) is 6.96. The van der Waals surface area contributed by atoms with Crippen LogP contribution < -0.4 is 0 Å². The number of hydrogen-bond acceptors (Lipinski definition) is 2. The average molecular weight is 307 g/mol. The molecule has 5 nitrogen and oxygen atoms in total. The Hall–Kier alpha value is -2.01. The number of nitrogens with zero attached hydrogens (tertiary/aromatic N) is 1. The number of halogens is 1. The van der Waals surface area contributed by atoms with Gasteiger partial charge in [0.2, 0.25) is 0 Å². The third-order valence-electron chi connectivity index (χ3n) is 3.86. The zero-order chi connectivity index (χ0) is 15.0. The molecular weight excluding hydrogens is 292 g/mol. The van der Waals surface area contributed by atoms with Gasteiger partial charge in [-0.25, -0.2) is 0 Å². The van der Waals surface area contributed by atoms with Crippen molar-refractivity contribution in [3.8, 4) is 0 Å². The summed E-state index contributed by atoms with van der Waals surface area (Å²) in [5, 5.41) is 10.4. The molecule has 1 fully saturated rings. The zero-order valence-electron chi connectivity index (χ0n) is 11.3. The molecule has 2 N–H and O–H groups in total. The maximum atomic E-state index is 12.6. The molecule has 1 amide bonds. The van der Waals surface area contributed by atoms with Crippen molar-refractivity contribution in [3.63, 3.8) is 0 Å². The van der Waals surface area contributed by atoms with E-state index in [-0.39, 0.29) is 18.4 Å². The Morgan fingerprint density at radius 1 is 1.38 bits per heavy atom. The summed E-state index contributed by atoms with van der Waals surface area (Å²) in [4.78, 5) is 28.2. The van der Waals surface area contributed by atoms with E-state index >= 15 is 0 Å². The molecule has 1 aliphatic heterocycles. The molecular formula is C15H15ClN2O3. The maximum absolute atomic E-state index is 12.6. The Bertz CT molecular complexity index is 710. The van der Waals surface area contributed by atoms with Crippen LogP contribution in [0.25, 0.3) is 10.9 Å². The van der Waals surface area contributed by atoms with E-state index in [9.17, 15) is 9.59 Å². The second-order valence-electron chi connectivity index (χ2n) is 5.31. The van der Waals surface area contributed by atoms with Crippen LogP contribution in [0.2, 0.25) is 5.02 Å². The van der Waals surface area contributed by atoms with Crippen LogP contribution in [0.4, 0.5) is 0 Å². The molecule has 1 aliphatic rings. The first-order valence-corrected chi connectivity index (χ1v) is 7.23. The molecule has 0 saturated carbocycles. The number of carbonyl (C=O) groups is 2. The van der Waals surface area contributed by atoms with Crippen LogP contribution in [0.5, 0.6) is 0 Å². The first-order chi connectivity index (χ1) is 10.0. The molecule has 0 aliphatic carbocycles. The van der Waals surface area contributed by atoms with Crippen LogP contribution in [0.1, 0.15) is 29.8 Å². The Labute approximate surface area is 126 Å². The number of carboxylic acids is 1. The number of aromatic nitrogens is 1. The first kappa shape index (κ1) is 13.9. The molecule has 6 heteroatoms. The maximum Gasteiger partial charge on any atom is 0.305 e. The van der Waals surface area contributed by atoms with Gasteiger partial charge in [-0.2, -0.15) is 0 Å². The zero-order valence-corrected chi connectivity index (χ0v) is 12.1. The summed E-state index contributed by atoms with van der Waals surface area (Å²) < 4.78 is 0. The molecule has 2 aromatic rings. The number of benzene rings is 1. The van der Waals surface area contributed by atoms with Gasteiger partial charge in [0, 0.05) is 28.5 Å². The van der Waals surface area contributed by atoms with Gasteiger partial charge in [-0.05, 0) is 31.0 Å². The lowest BCUT2D eigenvalue weighted by Crippen LogP contribution is -2.37. The quantitative estimate of drug-likeness (QED) is 0.915. The summed E-state index contributed by atoms with van der Waals surface area (Å²) in [6.07, 6.45) is 1.58. The largest absolute Gasteiger partial charge is 0.481 e. The molecule has 1 atom stereocenters. The predicted octanol–water partition coefficient (Wildman–Crippen LogP) is 2.90. The van der Waals surface area contributed by atoms with Crippen molar-refractivity contribution >= 4 is 34.4 Å². The molecule has 1 aromatic carbocycles. The monoisotopic (exact) mass is 306 g/mol. The van der Waals surface area contributed by atoms with E-state index in [1.54, 1.807) is 23.1 Å². The van der Waals surface area contributed by atoms with E-state index in [0.29, 0.717) is 17.3 Å². The van der Waals surface area contributed by atoms with E-state index in [4.69, 9.17) is 16.7 Å². The van der Waals surface area contributed by atoms with Crippen molar-refractivity contribution in [1.29, 1.82) is 0 Å². The molecule has 0 spiro atoms. The number of carboxylic acid groups (broad SMARTS) is 1. The fraction of sp³-hybridized carbons (Fsp3) is 0.333. The number of amides is 1. The van der Waals surface area contributed by atoms with Crippen molar-refractivity contribution in [2.75, 3.05) is 6.54 Å². The van der Waals surface area contributed by atoms with Crippen molar-refractivity contribution in [2.24, 2.45) is 0 Å². The van der Waals surface area contributed by atoms with Crippen molar-refractivity contribution < 1.29 is 14.7 Å². The van der Waals surface area contributed by atoms with Crippen LogP contribution >= 0.6 is 11.6 Å². The number of hydrogen-bond donors (Lipinski definition) is 2. The van der Waals surface area contributed by atoms with Crippen molar-refractivity contribution in [3.05, 3.63) is 35.0 Å². The summed E-state index contributed by atoms with van der Waals surface area (Å²) in [7, 11) is 0. The van der Waals surface area contributed by atoms with E-state index < -0.39 is 5.97 Å². The van der Waals surface area contributed by atoms with Gasteiger partial charge in [0.05, 0.1) is 6.42 Å². The minimum Gasteiger partial charge on any atom is -0.481 e. The van der Waals surface area contributed by atoms with Crippen LogP contribution in [0.15, 0.2) is 24.3 Å². The van der Waals surface area contributed by atoms with Gasteiger partial charge in [-0.1, -0.05) is 17.7 Å². The Balaban J connectivity index is 1.87. The van der Waals surface area contributed by atoms with Crippen LogP contribution in [-0.4, -0.2) is 39.5 Å². The van der Waals surface area contributed by atoms with Crippen LogP contribution in [0.3, 0.4) is 0 Å². The SMILES string of the molecule is O=C(O)CC1CCCN1C(=O)c1cc2ccc(Cl)cc2[nH]1. The summed E-state index contributed by atoms with van der Waals surface area (Å²) in [6.45, 7) is 0.604. The smallest absolute Gasteiger partial charge is 0.305 e. The van der Waals surface area contributed by atoms with Crippen molar-refractivity contribution in [2.45, 2.75) is 25.3 Å². The number of likely N-dealkylation sites (tertiary alicyclic amines) is 1. The van der Waals surface area contributed by atoms with Crippen LogP contribution in [0, 0.1) is 0 Å². The number of carbonyl (C=O) groups excluding carboxylic acids is 1. The fourth-order valence-corrected chi connectivity index (χ4v) is 3.06. The number of H-pyrrole nitrogens is 1. The first-order valence-electron chi connectivity index (χ1n) is 6.85. The summed E-state index contributed by atoms with van der Waals surface area (Å²) in [5.74, 6) is -1.02. The highest BCUT2D eigenvalue weighted by Gasteiger charge is 2.31. The van der Waals surface area contributed by atoms with Gasteiger partial charge in [-0.3, -0.25) is 9.59 Å². The van der Waals surface area contributed by atoms with Crippen molar-refractivity contribution in [1.82, 2.24) is 9.88 Å². The predicted molar refractivity (Wildman–Crippen MR) is 79.6 cm³/mol. The molecule has 3 rings (SSSR count). The molecule has 0 radical (unpaired) electrons. The average Bonchev–Trinajstić information content (AvgIpc) is 3.03. The number of aromatic amines is 1. The Morgan fingerprint density at radius 3 is 2.95 bits per heavy atom. The molecule has 1 unspecified atom stereocenters. The number of fused-ring (bicyclic) bond motifs is 1. The Morgan fingerprint density at radius 2 is 2.19 bits per heavy atom. The van der Waals surface area contributed by atoms with E-state index in [1.165, 1.54) is 0 Å². The van der Waals surface area contributed by atoms with Gasteiger partial charge < -0.3 is 15.0 Å². The molecule has 110 valence electrons. The minimum absolute atomic E-state index is 0.00219. The molecule has 1 aromatic heterocycles. The van der Waals surface area contributed by atoms with E-state index in [2.05, 4.69) is 4.98 Å². The lowest BCUT2D eigenvalue weighted by molar-refractivity contribution is -0.137. The highest BCUT2D eigenvalue weighted by atomic mass is 35.5. The highest BCUT2D eigenvalue weighted by molar-refractivity contribution is 6.31. The Kier molecular flexibility index (Phi) is 3.59. The van der Waals surface area contributed by atoms with Gasteiger partial charge in [0.15, 0.2) is 0 Å². The van der Waals surface area contributed by atoms with Gasteiger partial charge in [0.25, 0.3) is 5.91 Å². The molecule has 1 saturated heterocycles. The normalized spacial score (nSPS) is 18.3. The van der Waals surface area contributed by atoms with E-state index in [1.807, 2.05) is 6.07 Å². The standard InChI is InChI=1S/C15H15ClN2O3/c16-10-4-3-9-6-13(17-12(9)7-10)15(21)18-5-1-2-11(18)8-14(19)20/h3-4,6-7,11,17H,1-2,5,8H2,(H,19,20). The summed E-state index contributed by atoms with van der Waals surface area (Å²) in [5.41, 5.74) is 1.28. The lowest BCUT2D eigenvalue weighted by atomic mass is 10.1. The minimum atomic E-state index is -0.872. The second kappa shape index (κ2) is 5.41. The third-order valence-corrected chi connectivity index (χ3v) is 4.10. The van der Waals surface area contributed by atoms with Gasteiger partial charge >= 0.3 is 5.97 Å². The summed E-state index contributed by atoms with van der Waals surface area (Å²) >= 11 is 5.93. The molecule has 2 heterocycles. The fourth-order valence-electron chi connectivity index (χ4n) is 2.89. The molecule has 0 bridgehead atoms. The second-order valence-corrected chi connectivity index (χ2v) is 5.74. The van der Waals surface area contributed by atoms with Crippen LogP contribution in [-0.2, 0) is 4.79 Å². The number of rotatable bonds is 3. The number of nitrogens with one attached hydrogen (secondary N) is 1.